The average Bonchev–Trinajstić information content (AvgIpc) is 2.88. The summed E-state index contributed by atoms with van der Waals surface area (Å²) in [6, 6.07) is 0. The number of esters is 2. The molecule has 0 aliphatic carbocycles. The summed E-state index contributed by atoms with van der Waals surface area (Å²) in [5.41, 5.74) is 0. The number of aliphatic hydroxyl groups excluding tert-OH is 1. The predicted octanol–water partition coefficient (Wildman–Crippen LogP) is 2.69. The molecule has 0 radical (unpaired) electrons. The first-order valence-corrected chi connectivity index (χ1v) is 13.1. The molecule has 0 amide bonds. The summed E-state index contributed by atoms with van der Waals surface area (Å²) in [6.07, 6.45) is 0.751. The van der Waals surface area contributed by atoms with Crippen molar-refractivity contribution in [2.24, 2.45) is 23.7 Å². The third kappa shape index (κ3) is 58.4. The zero-order valence-electron chi connectivity index (χ0n) is 27.9. The Balaban J connectivity index is -0.0000000554. The summed E-state index contributed by atoms with van der Waals surface area (Å²) in [5.74, 6) is -13.0. The summed E-state index contributed by atoms with van der Waals surface area (Å²) in [7, 11) is 0. The van der Waals surface area contributed by atoms with Gasteiger partial charge < -0.3 is 50.3 Å². The van der Waals surface area contributed by atoms with Gasteiger partial charge in [-0.2, -0.15) is 0 Å². The molecule has 0 bridgehead atoms. The molecule has 0 fully saturated rings. The Kier molecular flexibility index (Phi) is 61.4. The Morgan fingerprint density at radius 2 is 0.865 bits per heavy atom. The van der Waals surface area contributed by atoms with Gasteiger partial charge in [0.1, 0.15) is 0 Å². The molecule has 0 aliphatic heterocycles. The maximum absolute atomic E-state index is 10.9. The quantitative estimate of drug-likeness (QED) is 0.0538. The average molecular weight is 884 g/mol. The molecule has 0 spiro atoms. The molecule has 22 heteroatoms. The van der Waals surface area contributed by atoms with E-state index in [2.05, 4.69) is 11.3 Å². The van der Waals surface area contributed by atoms with Crippen molar-refractivity contribution >= 4 is 53.7 Å². The largest absolute Gasteiger partial charge is 0.481 e. The van der Waals surface area contributed by atoms with E-state index in [9.17, 15) is 38.4 Å². The van der Waals surface area contributed by atoms with Gasteiger partial charge in [-0.3, -0.25) is 33.6 Å². The Labute approximate surface area is 334 Å². The Hall–Kier alpha value is -3.77. The van der Waals surface area contributed by atoms with Gasteiger partial charge in [0.15, 0.2) is 0 Å². The molecule has 0 aromatic carbocycles. The third-order valence-corrected chi connectivity index (χ3v) is 4.79. The summed E-state index contributed by atoms with van der Waals surface area (Å²) < 4.78 is 8.93. The van der Waals surface area contributed by atoms with Gasteiger partial charge in [-0.05, 0) is 26.7 Å². The van der Waals surface area contributed by atoms with Gasteiger partial charge >= 0.3 is 47.8 Å². The number of carbonyl (C=O) groups is 9. The number of aliphatic carboxylic acids is 7. The number of ether oxygens (including phenoxy) is 2. The van der Waals surface area contributed by atoms with Crippen molar-refractivity contribution in [1.82, 2.24) is 0 Å². The van der Waals surface area contributed by atoms with E-state index in [4.69, 9.17) is 50.4 Å². The van der Waals surface area contributed by atoms with E-state index in [-0.39, 0.29) is 84.9 Å². The topological polar surface area (TPSA) is 334 Å². The standard InChI is InChI=1S/C10H16O6.C8H14O5.C4H4O4.C4H6O2.C2H4O2.2CH4.3Fe/c1-5(16-7(3)11)4-8(10(14)15)6(2)9(12)13;1-4(9)3-6(8(12)13)5(2)7(10)11;5-3(6)1-2-4(7)8;1-3-6-4(2)5;1-2(3)4;;;;;/h5-6,8H,4H2,1-3H3,(H,12,13)(H,14,15);4-6,9H,3H2,1-2H3,(H,10,11)(H,12,13);1-2H,(H,5,6)(H,7,8);3H,1H2,2H3;1H3,(H,3,4);2*1H4;;;. The van der Waals surface area contributed by atoms with Crippen molar-refractivity contribution in [2.45, 2.75) is 88.4 Å². The van der Waals surface area contributed by atoms with Gasteiger partial charge in [-0.15, -0.1) is 0 Å². The van der Waals surface area contributed by atoms with Gasteiger partial charge in [0, 0.05) is 84.1 Å². The monoisotopic (exact) mass is 884 g/mol. The van der Waals surface area contributed by atoms with Crippen molar-refractivity contribution in [3.05, 3.63) is 25.0 Å². The predicted molar refractivity (Wildman–Crippen MR) is 171 cm³/mol. The number of rotatable bonds is 14. The van der Waals surface area contributed by atoms with Crippen LogP contribution in [0.1, 0.15) is 76.2 Å². The molecule has 0 heterocycles. The van der Waals surface area contributed by atoms with Gasteiger partial charge in [0.2, 0.25) is 0 Å². The van der Waals surface area contributed by atoms with Crippen LogP contribution in [0.25, 0.3) is 0 Å². The van der Waals surface area contributed by atoms with Crippen molar-refractivity contribution in [2.75, 3.05) is 0 Å². The van der Waals surface area contributed by atoms with Crippen molar-refractivity contribution in [3.63, 3.8) is 0 Å². The smallest absolute Gasteiger partial charge is 0.328 e. The normalized spacial score (nSPS) is 12.0. The zero-order chi connectivity index (χ0) is 38.6. The molecule has 310 valence electrons. The van der Waals surface area contributed by atoms with Crippen molar-refractivity contribution in [1.29, 1.82) is 0 Å². The first-order chi connectivity index (χ1) is 21.2. The van der Waals surface area contributed by atoms with E-state index in [1.165, 1.54) is 41.5 Å². The molecule has 0 aromatic heterocycles. The Bertz CT molecular complexity index is 1070. The summed E-state index contributed by atoms with van der Waals surface area (Å²) in [6.45, 7) is 12.4. The molecule has 6 unspecified atom stereocenters. The van der Waals surface area contributed by atoms with Crippen LogP contribution in [0, 0.1) is 23.7 Å². The Morgan fingerprint density at radius 3 is 1.02 bits per heavy atom. The number of aliphatic hydroxyl groups is 1. The van der Waals surface area contributed by atoms with Gasteiger partial charge in [0.25, 0.3) is 5.97 Å². The van der Waals surface area contributed by atoms with Crippen LogP contribution in [0.5, 0.6) is 0 Å². The second kappa shape index (κ2) is 43.4. The van der Waals surface area contributed by atoms with Crippen molar-refractivity contribution < 1.29 is 145 Å². The number of carboxylic acids is 7. The van der Waals surface area contributed by atoms with E-state index in [1.54, 1.807) is 0 Å². The minimum absolute atomic E-state index is 0. The maximum atomic E-state index is 10.9. The van der Waals surface area contributed by atoms with E-state index >= 15 is 0 Å². The number of carboxylic acid groups (broad SMARTS) is 7. The summed E-state index contributed by atoms with van der Waals surface area (Å²) in [5, 5.41) is 66.8. The molecule has 0 rings (SSSR count). The molecule has 19 nitrogen and oxygen atoms in total. The SMILES string of the molecule is C.C.C=COC(C)=O.CC(=O)O.CC(=O)OC(C)CC(C(=O)O)C(C)C(=O)O.CC(O)CC(C(=O)O)C(C)C(=O)O.O=C(O)C=CC(=O)O.[Fe].[Fe].[Fe]. The summed E-state index contributed by atoms with van der Waals surface area (Å²) in [4.78, 5) is 91.1. The molecule has 8 N–H and O–H groups in total. The fourth-order valence-electron chi connectivity index (χ4n) is 2.70. The molecule has 52 heavy (non-hydrogen) atoms. The first-order valence-electron chi connectivity index (χ1n) is 13.1. The van der Waals surface area contributed by atoms with E-state index in [1.807, 2.05) is 0 Å². The van der Waals surface area contributed by atoms with Crippen LogP contribution in [0.3, 0.4) is 0 Å². The molecule has 0 aliphatic rings. The van der Waals surface area contributed by atoms with Crippen LogP contribution >= 0.6 is 0 Å². The van der Waals surface area contributed by atoms with Gasteiger partial charge in [-0.1, -0.05) is 35.3 Å². The van der Waals surface area contributed by atoms with Crippen LogP contribution in [0.2, 0.25) is 0 Å². The number of hydrogen-bond donors (Lipinski definition) is 8. The second-order valence-electron chi connectivity index (χ2n) is 9.19. The van der Waals surface area contributed by atoms with Crippen LogP contribution < -0.4 is 0 Å². The van der Waals surface area contributed by atoms with E-state index in [0.29, 0.717) is 12.2 Å². The number of hydrogen-bond acceptors (Lipinski definition) is 12. The van der Waals surface area contributed by atoms with Crippen LogP contribution in [0.4, 0.5) is 0 Å². The number of carbonyl (C=O) groups excluding carboxylic acids is 2. The van der Waals surface area contributed by atoms with Gasteiger partial charge in [0.05, 0.1) is 42.1 Å². The maximum Gasteiger partial charge on any atom is 0.328 e. The molecular formula is C30H52Fe3O19. The minimum Gasteiger partial charge on any atom is -0.481 e. The third-order valence-electron chi connectivity index (χ3n) is 4.79. The molecule has 0 saturated carbocycles. The first kappa shape index (κ1) is 73.6. The molecule has 0 aromatic rings. The van der Waals surface area contributed by atoms with E-state index in [0.717, 1.165) is 13.2 Å². The molecule has 0 saturated heterocycles. The van der Waals surface area contributed by atoms with E-state index < -0.39 is 83.6 Å². The molecular weight excluding hydrogens is 832 g/mol. The zero-order valence-corrected chi connectivity index (χ0v) is 31.3. The van der Waals surface area contributed by atoms with Crippen LogP contribution in [-0.4, -0.2) is 107 Å². The summed E-state index contributed by atoms with van der Waals surface area (Å²) >= 11 is 0. The Morgan fingerprint density at radius 1 is 0.577 bits per heavy atom. The fourth-order valence-corrected chi connectivity index (χ4v) is 2.70. The van der Waals surface area contributed by atoms with Gasteiger partial charge in [-0.25, -0.2) is 9.59 Å². The van der Waals surface area contributed by atoms with Crippen molar-refractivity contribution in [3.8, 4) is 0 Å². The molecule has 6 atom stereocenters. The van der Waals surface area contributed by atoms with Crippen LogP contribution in [0.15, 0.2) is 25.0 Å². The second-order valence-corrected chi connectivity index (χ2v) is 9.19. The van der Waals surface area contributed by atoms with Crippen LogP contribution in [-0.2, 0) is 104 Å². The minimum atomic E-state index is -1.26. The fraction of sp³-hybridized carbons (Fsp3) is 0.567.